The van der Waals surface area contributed by atoms with Crippen molar-refractivity contribution in [1.82, 2.24) is 15.5 Å². The van der Waals surface area contributed by atoms with E-state index >= 15 is 0 Å². The van der Waals surface area contributed by atoms with Gasteiger partial charge in [0, 0.05) is 32.7 Å². The second-order valence-corrected chi connectivity index (χ2v) is 4.99. The van der Waals surface area contributed by atoms with Crippen molar-refractivity contribution >= 4 is 11.9 Å². The lowest BCUT2D eigenvalue weighted by Gasteiger charge is -2.26. The molecule has 3 N–H and O–H groups in total. The van der Waals surface area contributed by atoms with Crippen LogP contribution in [0.2, 0.25) is 0 Å². The van der Waals surface area contributed by atoms with Gasteiger partial charge in [0.05, 0.1) is 12.6 Å². The Labute approximate surface area is 112 Å². The Kier molecular flexibility index (Phi) is 5.12. The van der Waals surface area contributed by atoms with Gasteiger partial charge in [-0.15, -0.1) is 0 Å². The molecule has 2 atom stereocenters. The number of ether oxygens (including phenoxy) is 1. The number of nitrogens with one attached hydrogen (secondary N) is 2. The summed E-state index contributed by atoms with van der Waals surface area (Å²) in [4.78, 5) is 24.6. The third-order valence-electron chi connectivity index (χ3n) is 3.49. The molecule has 2 unspecified atom stereocenters. The van der Waals surface area contributed by atoms with E-state index in [1.165, 1.54) is 0 Å². The van der Waals surface area contributed by atoms with E-state index in [9.17, 15) is 9.59 Å². The van der Waals surface area contributed by atoms with Gasteiger partial charge in [0.25, 0.3) is 0 Å². The molecule has 0 aromatic rings. The fourth-order valence-electron chi connectivity index (χ4n) is 2.39. The summed E-state index contributed by atoms with van der Waals surface area (Å²) in [5.41, 5.74) is 0. The molecule has 2 fully saturated rings. The van der Waals surface area contributed by atoms with E-state index in [-0.39, 0.29) is 12.0 Å². The van der Waals surface area contributed by atoms with Gasteiger partial charge in [-0.05, 0) is 12.8 Å². The van der Waals surface area contributed by atoms with Crippen molar-refractivity contribution in [2.45, 2.75) is 25.0 Å². The lowest BCUT2D eigenvalue weighted by atomic mass is 10.2. The summed E-state index contributed by atoms with van der Waals surface area (Å²) < 4.78 is 5.33. The summed E-state index contributed by atoms with van der Waals surface area (Å²) in [6.07, 6.45) is 0.321. The molecule has 0 bridgehead atoms. The second-order valence-electron chi connectivity index (χ2n) is 4.99. The molecule has 0 aromatic carbocycles. The van der Waals surface area contributed by atoms with Crippen LogP contribution in [0.25, 0.3) is 0 Å². The maximum absolute atomic E-state index is 11.7. The second kappa shape index (κ2) is 6.83. The molecule has 19 heavy (non-hydrogen) atoms. The minimum Gasteiger partial charge on any atom is -0.479 e. The molecule has 2 aliphatic rings. The first-order valence-corrected chi connectivity index (χ1v) is 6.73. The van der Waals surface area contributed by atoms with Crippen LogP contribution < -0.4 is 10.6 Å². The standard InChI is InChI=1S/C12H21N3O4/c16-11(8-15-5-3-13-4-6-15)14-7-9-1-2-10(19-9)12(17)18/h9-10,13H,1-8H2,(H,14,16)(H,17,18). The third-order valence-corrected chi connectivity index (χ3v) is 3.49. The van der Waals surface area contributed by atoms with Crippen LogP contribution in [0.4, 0.5) is 0 Å². The van der Waals surface area contributed by atoms with E-state index in [2.05, 4.69) is 15.5 Å². The number of carbonyl (C=O) groups excluding carboxylic acids is 1. The highest BCUT2D eigenvalue weighted by Crippen LogP contribution is 2.19. The van der Waals surface area contributed by atoms with Crippen LogP contribution in [0.3, 0.4) is 0 Å². The van der Waals surface area contributed by atoms with Crippen molar-refractivity contribution in [3.05, 3.63) is 0 Å². The Morgan fingerprint density at radius 3 is 2.68 bits per heavy atom. The van der Waals surface area contributed by atoms with Crippen molar-refractivity contribution < 1.29 is 19.4 Å². The first-order chi connectivity index (χ1) is 9.15. The van der Waals surface area contributed by atoms with Gasteiger partial charge in [-0.3, -0.25) is 9.69 Å². The summed E-state index contributed by atoms with van der Waals surface area (Å²) in [6, 6.07) is 0. The van der Waals surface area contributed by atoms with Gasteiger partial charge in [0.15, 0.2) is 6.10 Å². The summed E-state index contributed by atoms with van der Waals surface area (Å²) in [7, 11) is 0. The Bertz CT molecular complexity index is 331. The molecule has 0 aliphatic carbocycles. The van der Waals surface area contributed by atoms with Crippen LogP contribution in [-0.4, -0.2) is 73.4 Å². The number of nitrogens with zero attached hydrogens (tertiary/aromatic N) is 1. The maximum atomic E-state index is 11.7. The highest BCUT2D eigenvalue weighted by atomic mass is 16.5. The molecule has 0 radical (unpaired) electrons. The number of carboxylic acid groups (broad SMARTS) is 1. The van der Waals surface area contributed by atoms with Crippen LogP contribution in [0.15, 0.2) is 0 Å². The molecule has 7 heteroatoms. The highest BCUT2D eigenvalue weighted by Gasteiger charge is 2.30. The number of carbonyl (C=O) groups is 2. The van der Waals surface area contributed by atoms with Crippen molar-refractivity contribution in [2.24, 2.45) is 0 Å². The topological polar surface area (TPSA) is 90.9 Å². The zero-order chi connectivity index (χ0) is 13.7. The van der Waals surface area contributed by atoms with Crippen molar-refractivity contribution in [3.8, 4) is 0 Å². The Balaban J connectivity index is 1.62. The summed E-state index contributed by atoms with van der Waals surface area (Å²) in [5.74, 6) is -0.945. The first kappa shape index (κ1) is 14.2. The molecule has 2 aliphatic heterocycles. The number of hydrogen-bond donors (Lipinski definition) is 3. The Morgan fingerprint density at radius 2 is 2.05 bits per heavy atom. The number of carboxylic acids is 1. The molecule has 2 saturated heterocycles. The van der Waals surface area contributed by atoms with Crippen LogP contribution in [0, 0.1) is 0 Å². The fourth-order valence-corrected chi connectivity index (χ4v) is 2.39. The van der Waals surface area contributed by atoms with Gasteiger partial charge < -0.3 is 20.5 Å². The van der Waals surface area contributed by atoms with Crippen LogP contribution in [0.1, 0.15) is 12.8 Å². The number of hydrogen-bond acceptors (Lipinski definition) is 5. The van der Waals surface area contributed by atoms with Gasteiger partial charge in [-0.2, -0.15) is 0 Å². The van der Waals surface area contributed by atoms with Crippen LogP contribution >= 0.6 is 0 Å². The van der Waals surface area contributed by atoms with E-state index in [1.54, 1.807) is 0 Å². The molecule has 1 amide bonds. The lowest BCUT2D eigenvalue weighted by Crippen LogP contribution is -2.48. The summed E-state index contributed by atoms with van der Waals surface area (Å²) in [5, 5.41) is 14.8. The third kappa shape index (κ3) is 4.45. The molecule has 7 nitrogen and oxygen atoms in total. The summed E-state index contributed by atoms with van der Waals surface area (Å²) >= 11 is 0. The lowest BCUT2D eigenvalue weighted by molar-refractivity contribution is -0.149. The van der Waals surface area contributed by atoms with Gasteiger partial charge in [0.2, 0.25) is 5.91 Å². The number of rotatable bonds is 5. The monoisotopic (exact) mass is 271 g/mol. The average Bonchev–Trinajstić information content (AvgIpc) is 2.86. The fraction of sp³-hybridized carbons (Fsp3) is 0.833. The van der Waals surface area contributed by atoms with Gasteiger partial charge >= 0.3 is 5.97 Å². The largest absolute Gasteiger partial charge is 0.479 e. The Morgan fingerprint density at radius 1 is 1.32 bits per heavy atom. The maximum Gasteiger partial charge on any atom is 0.332 e. The number of aliphatic carboxylic acids is 1. The summed E-state index contributed by atoms with van der Waals surface area (Å²) in [6.45, 7) is 4.40. The molecule has 2 rings (SSSR count). The van der Waals surface area contributed by atoms with Crippen molar-refractivity contribution in [1.29, 1.82) is 0 Å². The quantitative estimate of drug-likeness (QED) is 0.572. The predicted molar refractivity (Wildman–Crippen MR) is 67.9 cm³/mol. The van der Waals surface area contributed by atoms with Gasteiger partial charge in [-0.1, -0.05) is 0 Å². The minimum atomic E-state index is -0.922. The molecular formula is C12H21N3O4. The highest BCUT2D eigenvalue weighted by molar-refractivity contribution is 5.78. The smallest absolute Gasteiger partial charge is 0.332 e. The van der Waals surface area contributed by atoms with E-state index in [0.29, 0.717) is 25.9 Å². The Hall–Kier alpha value is -1.18. The molecule has 0 saturated carbocycles. The zero-order valence-corrected chi connectivity index (χ0v) is 10.9. The van der Waals surface area contributed by atoms with Gasteiger partial charge in [-0.25, -0.2) is 4.79 Å². The number of amides is 1. The SMILES string of the molecule is O=C(CN1CCNCC1)NCC1CCC(C(=O)O)O1. The molecule has 108 valence electrons. The van der Waals surface area contributed by atoms with Crippen molar-refractivity contribution in [3.63, 3.8) is 0 Å². The van der Waals surface area contributed by atoms with Crippen LogP contribution in [0.5, 0.6) is 0 Å². The van der Waals surface area contributed by atoms with E-state index in [1.807, 2.05) is 0 Å². The average molecular weight is 271 g/mol. The van der Waals surface area contributed by atoms with E-state index < -0.39 is 12.1 Å². The predicted octanol–water partition coefficient (Wildman–Crippen LogP) is -1.36. The first-order valence-electron chi connectivity index (χ1n) is 6.73. The van der Waals surface area contributed by atoms with Crippen LogP contribution in [-0.2, 0) is 14.3 Å². The molecular weight excluding hydrogens is 250 g/mol. The molecule has 0 aromatic heterocycles. The van der Waals surface area contributed by atoms with Gasteiger partial charge in [0.1, 0.15) is 0 Å². The van der Waals surface area contributed by atoms with Crippen molar-refractivity contribution in [2.75, 3.05) is 39.3 Å². The minimum absolute atomic E-state index is 0.0238. The van der Waals surface area contributed by atoms with E-state index in [4.69, 9.17) is 9.84 Å². The normalized spacial score (nSPS) is 28.2. The molecule has 0 spiro atoms. The zero-order valence-electron chi connectivity index (χ0n) is 10.9. The molecule has 2 heterocycles. The van der Waals surface area contributed by atoms with E-state index in [0.717, 1.165) is 26.2 Å². The number of piperazine rings is 1.